The van der Waals surface area contributed by atoms with Gasteiger partial charge in [-0.05, 0) is 5.56 Å². The summed E-state index contributed by atoms with van der Waals surface area (Å²) >= 11 is 0. The van der Waals surface area contributed by atoms with Gasteiger partial charge >= 0.3 is 0 Å². The smallest absolute Gasteiger partial charge is 0.255 e. The highest BCUT2D eigenvalue weighted by atomic mass is 16.3. The van der Waals surface area contributed by atoms with E-state index in [1.54, 1.807) is 38.4 Å². The van der Waals surface area contributed by atoms with E-state index in [4.69, 9.17) is 0 Å². The first kappa shape index (κ1) is 14.2. The zero-order valence-corrected chi connectivity index (χ0v) is 10.6. The first-order valence-electron chi connectivity index (χ1n) is 5.75. The molecule has 1 aromatic carbocycles. The molecule has 0 aliphatic carbocycles. The molecular formula is C13H18N2O3. The summed E-state index contributed by atoms with van der Waals surface area (Å²) in [4.78, 5) is 24.3. The molecule has 5 heteroatoms. The van der Waals surface area contributed by atoms with Crippen LogP contribution in [0, 0.1) is 0 Å². The van der Waals surface area contributed by atoms with Crippen molar-refractivity contribution in [3.05, 3.63) is 35.9 Å². The van der Waals surface area contributed by atoms with Gasteiger partial charge in [-0.1, -0.05) is 30.3 Å². The van der Waals surface area contributed by atoms with Crippen molar-refractivity contribution < 1.29 is 14.7 Å². The summed E-state index contributed by atoms with van der Waals surface area (Å²) in [5.41, 5.74) is 0.550. The van der Waals surface area contributed by atoms with E-state index in [2.05, 4.69) is 5.32 Å². The molecule has 98 valence electrons. The normalized spacial score (nSPS) is 11.7. The number of carbonyl (C=O) groups excluding carboxylic acids is 2. The van der Waals surface area contributed by atoms with Crippen molar-refractivity contribution in [2.24, 2.45) is 0 Å². The fourth-order valence-electron chi connectivity index (χ4n) is 1.49. The third-order valence-electron chi connectivity index (χ3n) is 2.68. The topological polar surface area (TPSA) is 69.6 Å². The quantitative estimate of drug-likeness (QED) is 0.790. The number of hydrogen-bond acceptors (Lipinski definition) is 3. The van der Waals surface area contributed by atoms with Crippen molar-refractivity contribution in [2.45, 2.75) is 12.5 Å². The van der Waals surface area contributed by atoms with E-state index in [9.17, 15) is 14.7 Å². The van der Waals surface area contributed by atoms with Gasteiger partial charge in [-0.3, -0.25) is 9.59 Å². The van der Waals surface area contributed by atoms with Crippen molar-refractivity contribution in [3.8, 4) is 0 Å². The van der Waals surface area contributed by atoms with Crippen molar-refractivity contribution in [3.63, 3.8) is 0 Å². The standard InChI is InChI=1S/C13H18N2O3/c1-14-11(16)8-9-15(2)13(18)12(17)10-6-4-3-5-7-10/h3-7,12,17H,8-9H2,1-2H3,(H,14,16)/t12-/m1/s1. The molecule has 0 aliphatic rings. The molecule has 0 heterocycles. The van der Waals surface area contributed by atoms with Crippen molar-refractivity contribution >= 4 is 11.8 Å². The number of likely N-dealkylation sites (N-methyl/N-ethyl adjacent to an activating group) is 1. The number of carbonyl (C=O) groups is 2. The predicted molar refractivity (Wildman–Crippen MR) is 67.7 cm³/mol. The SMILES string of the molecule is CNC(=O)CCN(C)C(=O)[C@H](O)c1ccccc1. The van der Waals surface area contributed by atoms with Crippen LogP contribution in [0.3, 0.4) is 0 Å². The molecule has 0 saturated heterocycles. The van der Waals surface area contributed by atoms with Crippen molar-refractivity contribution in [1.29, 1.82) is 0 Å². The summed E-state index contributed by atoms with van der Waals surface area (Å²) in [5.74, 6) is -0.547. The Labute approximate surface area is 106 Å². The first-order chi connectivity index (χ1) is 8.56. The monoisotopic (exact) mass is 250 g/mol. The highest BCUT2D eigenvalue weighted by molar-refractivity contribution is 5.82. The number of rotatable bonds is 5. The van der Waals surface area contributed by atoms with Gasteiger partial charge in [-0.15, -0.1) is 0 Å². The maximum Gasteiger partial charge on any atom is 0.255 e. The zero-order valence-electron chi connectivity index (χ0n) is 10.6. The molecular weight excluding hydrogens is 232 g/mol. The van der Waals surface area contributed by atoms with Crippen LogP contribution in [0.15, 0.2) is 30.3 Å². The lowest BCUT2D eigenvalue weighted by Gasteiger charge is -2.20. The van der Waals surface area contributed by atoms with Crippen LogP contribution in [-0.4, -0.2) is 42.5 Å². The fourth-order valence-corrected chi connectivity index (χ4v) is 1.49. The summed E-state index contributed by atoms with van der Waals surface area (Å²) in [6.45, 7) is 0.280. The fraction of sp³-hybridized carbons (Fsp3) is 0.385. The Hall–Kier alpha value is -1.88. The van der Waals surface area contributed by atoms with E-state index >= 15 is 0 Å². The average molecular weight is 250 g/mol. The minimum absolute atomic E-state index is 0.135. The second kappa shape index (κ2) is 6.76. The Morgan fingerprint density at radius 3 is 2.50 bits per heavy atom. The molecule has 18 heavy (non-hydrogen) atoms. The lowest BCUT2D eigenvalue weighted by atomic mass is 10.1. The number of nitrogens with zero attached hydrogens (tertiary/aromatic N) is 1. The first-order valence-corrected chi connectivity index (χ1v) is 5.75. The molecule has 1 rings (SSSR count). The summed E-state index contributed by atoms with van der Waals surface area (Å²) in [6.07, 6.45) is -0.957. The lowest BCUT2D eigenvalue weighted by molar-refractivity contribution is -0.139. The number of amides is 2. The van der Waals surface area contributed by atoms with Crippen LogP contribution in [0.5, 0.6) is 0 Å². The minimum atomic E-state index is -1.18. The maximum atomic E-state index is 11.9. The number of nitrogens with one attached hydrogen (secondary N) is 1. The van der Waals surface area contributed by atoms with E-state index in [0.717, 1.165) is 0 Å². The highest BCUT2D eigenvalue weighted by Gasteiger charge is 2.21. The summed E-state index contributed by atoms with van der Waals surface area (Å²) in [5, 5.41) is 12.4. The number of hydrogen-bond donors (Lipinski definition) is 2. The van der Waals surface area contributed by atoms with Crippen LogP contribution in [0.4, 0.5) is 0 Å². The minimum Gasteiger partial charge on any atom is -0.378 e. The summed E-state index contributed by atoms with van der Waals surface area (Å²) in [6, 6.07) is 8.72. The molecule has 0 bridgehead atoms. The maximum absolute atomic E-state index is 11.9. The molecule has 2 N–H and O–H groups in total. The van der Waals surface area contributed by atoms with Gasteiger partial charge in [0, 0.05) is 27.1 Å². The zero-order chi connectivity index (χ0) is 13.5. The third-order valence-corrected chi connectivity index (χ3v) is 2.68. The Morgan fingerprint density at radius 1 is 1.33 bits per heavy atom. The number of aliphatic hydroxyl groups is 1. The molecule has 0 aliphatic heterocycles. The number of benzene rings is 1. The Bertz CT molecular complexity index is 406. The molecule has 0 radical (unpaired) electrons. The second-order valence-corrected chi connectivity index (χ2v) is 4.00. The van der Waals surface area contributed by atoms with Crippen LogP contribution in [0.1, 0.15) is 18.1 Å². The molecule has 0 saturated carbocycles. The molecule has 1 atom stereocenters. The number of aliphatic hydroxyl groups excluding tert-OH is 1. The molecule has 2 amide bonds. The van der Waals surface area contributed by atoms with Gasteiger partial charge in [0.1, 0.15) is 0 Å². The van der Waals surface area contributed by atoms with Gasteiger partial charge in [-0.2, -0.15) is 0 Å². The molecule has 1 aromatic rings. The van der Waals surface area contributed by atoms with Crippen molar-refractivity contribution in [2.75, 3.05) is 20.6 Å². The van der Waals surface area contributed by atoms with E-state index in [1.807, 2.05) is 6.07 Å². The average Bonchev–Trinajstić information content (AvgIpc) is 2.43. The second-order valence-electron chi connectivity index (χ2n) is 4.00. The Morgan fingerprint density at radius 2 is 1.94 bits per heavy atom. The molecule has 5 nitrogen and oxygen atoms in total. The lowest BCUT2D eigenvalue weighted by Crippen LogP contribution is -2.34. The van der Waals surface area contributed by atoms with Gasteiger partial charge in [0.2, 0.25) is 5.91 Å². The van der Waals surface area contributed by atoms with E-state index in [1.165, 1.54) is 4.90 Å². The summed E-state index contributed by atoms with van der Waals surface area (Å²) in [7, 11) is 3.11. The van der Waals surface area contributed by atoms with E-state index < -0.39 is 12.0 Å². The Kier molecular flexibility index (Phi) is 5.32. The third kappa shape index (κ3) is 3.85. The molecule has 0 unspecified atom stereocenters. The molecule has 0 fully saturated rings. The largest absolute Gasteiger partial charge is 0.378 e. The van der Waals surface area contributed by atoms with Crippen LogP contribution in [0.2, 0.25) is 0 Å². The van der Waals surface area contributed by atoms with Crippen LogP contribution < -0.4 is 5.32 Å². The highest BCUT2D eigenvalue weighted by Crippen LogP contribution is 2.14. The molecule has 0 aromatic heterocycles. The van der Waals surface area contributed by atoms with Gasteiger partial charge in [0.05, 0.1) is 0 Å². The van der Waals surface area contributed by atoms with Gasteiger partial charge in [0.25, 0.3) is 5.91 Å². The van der Waals surface area contributed by atoms with Crippen LogP contribution >= 0.6 is 0 Å². The Balaban J connectivity index is 2.56. The predicted octanol–water partition coefficient (Wildman–Crippen LogP) is 0.315. The van der Waals surface area contributed by atoms with Crippen molar-refractivity contribution in [1.82, 2.24) is 10.2 Å². The van der Waals surface area contributed by atoms with Gasteiger partial charge in [0.15, 0.2) is 6.10 Å². The van der Waals surface area contributed by atoms with E-state index in [-0.39, 0.29) is 18.9 Å². The van der Waals surface area contributed by atoms with Gasteiger partial charge in [-0.25, -0.2) is 0 Å². The van der Waals surface area contributed by atoms with Crippen LogP contribution in [0.25, 0.3) is 0 Å². The molecule has 0 spiro atoms. The van der Waals surface area contributed by atoms with E-state index in [0.29, 0.717) is 5.56 Å². The van der Waals surface area contributed by atoms with Gasteiger partial charge < -0.3 is 15.3 Å². The van der Waals surface area contributed by atoms with Crippen LogP contribution in [-0.2, 0) is 9.59 Å². The summed E-state index contributed by atoms with van der Waals surface area (Å²) < 4.78 is 0.